The molecule has 1 N–H and O–H groups in total. The Balaban J connectivity index is 2.57. The Labute approximate surface area is 114 Å². The Hall–Kier alpha value is -1.57. The van der Waals surface area contributed by atoms with E-state index in [-0.39, 0.29) is 23.8 Å². The van der Waals surface area contributed by atoms with Crippen LogP contribution in [-0.2, 0) is 9.59 Å². The van der Waals surface area contributed by atoms with Crippen LogP contribution in [-0.4, -0.2) is 34.5 Å². The molecule has 0 aromatic rings. The van der Waals surface area contributed by atoms with Gasteiger partial charge in [0.1, 0.15) is 0 Å². The molecule has 0 aromatic carbocycles. The number of rotatable bonds is 5. The first kappa shape index (κ1) is 15.5. The summed E-state index contributed by atoms with van der Waals surface area (Å²) in [5.41, 5.74) is 0. The molecule has 0 spiro atoms. The highest BCUT2D eigenvalue weighted by Crippen LogP contribution is 2.30. The third-order valence-electron chi connectivity index (χ3n) is 3.80. The second kappa shape index (κ2) is 7.13. The Kier molecular flexibility index (Phi) is 5.81. The molecule has 1 fully saturated rings. The first-order valence-corrected chi connectivity index (χ1v) is 6.87. The second-order valence-corrected chi connectivity index (χ2v) is 5.42. The SMILES string of the molecule is CC(C)N(CCC#N)C(=O)C1CCC(C(=O)O)CC1. The highest BCUT2D eigenvalue weighted by atomic mass is 16.4. The highest BCUT2D eigenvalue weighted by molar-refractivity contribution is 5.79. The minimum Gasteiger partial charge on any atom is -0.481 e. The Morgan fingerprint density at radius 1 is 1.26 bits per heavy atom. The lowest BCUT2D eigenvalue weighted by Gasteiger charge is -2.33. The average molecular weight is 266 g/mol. The summed E-state index contributed by atoms with van der Waals surface area (Å²) in [6.45, 7) is 4.35. The summed E-state index contributed by atoms with van der Waals surface area (Å²) in [7, 11) is 0. The number of carbonyl (C=O) groups excluding carboxylic acids is 1. The lowest BCUT2D eigenvalue weighted by molar-refractivity contribution is -0.146. The second-order valence-electron chi connectivity index (χ2n) is 5.42. The van der Waals surface area contributed by atoms with Crippen molar-refractivity contribution in [2.45, 2.75) is 52.0 Å². The van der Waals surface area contributed by atoms with Gasteiger partial charge in [0, 0.05) is 18.5 Å². The minimum atomic E-state index is -0.754. The zero-order valence-electron chi connectivity index (χ0n) is 11.6. The molecule has 106 valence electrons. The first-order valence-electron chi connectivity index (χ1n) is 6.87. The number of carboxylic acids is 1. The molecule has 5 nitrogen and oxygen atoms in total. The van der Waals surface area contributed by atoms with E-state index in [0.717, 1.165) is 0 Å². The van der Waals surface area contributed by atoms with Crippen molar-refractivity contribution in [3.05, 3.63) is 0 Å². The predicted octanol–water partition coefficient (Wildman–Crippen LogP) is 2.03. The predicted molar refractivity (Wildman–Crippen MR) is 70.2 cm³/mol. The van der Waals surface area contributed by atoms with Crippen LogP contribution in [0.5, 0.6) is 0 Å². The van der Waals surface area contributed by atoms with E-state index in [1.807, 2.05) is 13.8 Å². The van der Waals surface area contributed by atoms with Gasteiger partial charge in [-0.25, -0.2) is 0 Å². The van der Waals surface area contributed by atoms with Crippen molar-refractivity contribution in [3.63, 3.8) is 0 Å². The fraction of sp³-hybridized carbons (Fsp3) is 0.786. The van der Waals surface area contributed by atoms with Crippen LogP contribution in [0, 0.1) is 23.2 Å². The van der Waals surface area contributed by atoms with Crippen molar-refractivity contribution < 1.29 is 14.7 Å². The van der Waals surface area contributed by atoms with E-state index in [9.17, 15) is 9.59 Å². The van der Waals surface area contributed by atoms with E-state index < -0.39 is 5.97 Å². The zero-order chi connectivity index (χ0) is 14.4. The van der Waals surface area contributed by atoms with Crippen LogP contribution in [0.15, 0.2) is 0 Å². The normalized spacial score (nSPS) is 22.8. The van der Waals surface area contributed by atoms with Crippen molar-refractivity contribution in [1.82, 2.24) is 4.90 Å². The van der Waals surface area contributed by atoms with Gasteiger partial charge in [0.05, 0.1) is 18.4 Å². The van der Waals surface area contributed by atoms with E-state index in [0.29, 0.717) is 38.6 Å². The number of nitrogens with zero attached hydrogens (tertiary/aromatic N) is 2. The summed E-state index contributed by atoms with van der Waals surface area (Å²) in [6.07, 6.45) is 2.79. The van der Waals surface area contributed by atoms with E-state index in [4.69, 9.17) is 10.4 Å². The highest BCUT2D eigenvalue weighted by Gasteiger charge is 2.32. The molecule has 0 saturated heterocycles. The Morgan fingerprint density at radius 3 is 2.21 bits per heavy atom. The topological polar surface area (TPSA) is 81.4 Å². The van der Waals surface area contributed by atoms with Crippen molar-refractivity contribution in [2.75, 3.05) is 6.54 Å². The molecule has 0 bridgehead atoms. The fourth-order valence-electron chi connectivity index (χ4n) is 2.62. The number of hydrogen-bond donors (Lipinski definition) is 1. The smallest absolute Gasteiger partial charge is 0.306 e. The molecule has 1 amide bonds. The van der Waals surface area contributed by atoms with E-state index >= 15 is 0 Å². The van der Waals surface area contributed by atoms with Gasteiger partial charge in [-0.15, -0.1) is 0 Å². The van der Waals surface area contributed by atoms with Crippen LogP contribution >= 0.6 is 0 Å². The van der Waals surface area contributed by atoms with Gasteiger partial charge in [-0.3, -0.25) is 9.59 Å². The van der Waals surface area contributed by atoms with Crippen LogP contribution < -0.4 is 0 Å². The number of amides is 1. The monoisotopic (exact) mass is 266 g/mol. The molecule has 0 heterocycles. The molecule has 0 aromatic heterocycles. The summed E-state index contributed by atoms with van der Waals surface area (Å²) in [5, 5.41) is 17.6. The van der Waals surface area contributed by atoms with Crippen molar-refractivity contribution in [2.24, 2.45) is 11.8 Å². The summed E-state index contributed by atoms with van der Waals surface area (Å²) in [6, 6.07) is 2.14. The molecular weight excluding hydrogens is 244 g/mol. The van der Waals surface area contributed by atoms with Gasteiger partial charge < -0.3 is 10.0 Å². The van der Waals surface area contributed by atoms with E-state index in [1.165, 1.54) is 0 Å². The number of hydrogen-bond acceptors (Lipinski definition) is 3. The number of carboxylic acid groups (broad SMARTS) is 1. The van der Waals surface area contributed by atoms with Gasteiger partial charge in [0.2, 0.25) is 5.91 Å². The Bertz CT molecular complexity index is 365. The van der Waals surface area contributed by atoms with Crippen molar-refractivity contribution in [1.29, 1.82) is 5.26 Å². The number of aliphatic carboxylic acids is 1. The summed E-state index contributed by atoms with van der Waals surface area (Å²) in [4.78, 5) is 25.0. The Morgan fingerprint density at radius 2 is 1.79 bits per heavy atom. The van der Waals surface area contributed by atoms with Crippen molar-refractivity contribution >= 4 is 11.9 Å². The molecule has 0 unspecified atom stereocenters. The van der Waals surface area contributed by atoms with Gasteiger partial charge in [0.25, 0.3) is 0 Å². The summed E-state index contributed by atoms with van der Waals surface area (Å²) in [5.74, 6) is -1.04. The van der Waals surface area contributed by atoms with Crippen LogP contribution in [0.1, 0.15) is 46.0 Å². The van der Waals surface area contributed by atoms with E-state index in [1.54, 1.807) is 4.90 Å². The number of nitriles is 1. The number of carbonyl (C=O) groups is 2. The molecule has 1 aliphatic carbocycles. The van der Waals surface area contributed by atoms with Gasteiger partial charge >= 0.3 is 5.97 Å². The molecule has 5 heteroatoms. The molecule has 1 aliphatic rings. The maximum absolute atomic E-state index is 12.4. The van der Waals surface area contributed by atoms with Crippen LogP contribution in [0.25, 0.3) is 0 Å². The lowest BCUT2D eigenvalue weighted by Crippen LogP contribution is -2.42. The third kappa shape index (κ3) is 4.23. The van der Waals surface area contributed by atoms with Crippen LogP contribution in [0.2, 0.25) is 0 Å². The van der Waals surface area contributed by atoms with Gasteiger partial charge in [-0.2, -0.15) is 5.26 Å². The van der Waals surface area contributed by atoms with Gasteiger partial charge in [0.15, 0.2) is 0 Å². The first-order chi connectivity index (χ1) is 8.97. The van der Waals surface area contributed by atoms with Crippen LogP contribution in [0.4, 0.5) is 0 Å². The molecule has 1 saturated carbocycles. The lowest BCUT2D eigenvalue weighted by atomic mass is 9.81. The molecule has 0 aliphatic heterocycles. The van der Waals surface area contributed by atoms with E-state index in [2.05, 4.69) is 6.07 Å². The molecule has 0 atom stereocenters. The summed E-state index contributed by atoms with van der Waals surface area (Å²) >= 11 is 0. The molecule has 19 heavy (non-hydrogen) atoms. The molecule has 1 rings (SSSR count). The van der Waals surface area contributed by atoms with Crippen LogP contribution in [0.3, 0.4) is 0 Å². The fourth-order valence-corrected chi connectivity index (χ4v) is 2.62. The quantitative estimate of drug-likeness (QED) is 0.825. The molecular formula is C14H22N2O3. The van der Waals surface area contributed by atoms with Gasteiger partial charge in [-0.05, 0) is 39.5 Å². The third-order valence-corrected chi connectivity index (χ3v) is 3.80. The minimum absolute atomic E-state index is 0.0725. The zero-order valence-corrected chi connectivity index (χ0v) is 11.6. The molecule has 0 radical (unpaired) electrons. The van der Waals surface area contributed by atoms with Gasteiger partial charge in [-0.1, -0.05) is 0 Å². The average Bonchev–Trinajstić information content (AvgIpc) is 2.38. The standard InChI is InChI=1S/C14H22N2O3/c1-10(2)16(9-3-8-15)13(17)11-4-6-12(7-5-11)14(18)19/h10-12H,3-7,9H2,1-2H3,(H,18,19). The van der Waals surface area contributed by atoms with Crippen molar-refractivity contribution in [3.8, 4) is 6.07 Å². The maximum Gasteiger partial charge on any atom is 0.306 e. The largest absolute Gasteiger partial charge is 0.481 e. The summed E-state index contributed by atoms with van der Waals surface area (Å²) < 4.78 is 0. The maximum atomic E-state index is 12.4.